The van der Waals surface area contributed by atoms with Gasteiger partial charge in [-0.3, -0.25) is 4.79 Å². The molecule has 0 unspecified atom stereocenters. The van der Waals surface area contributed by atoms with E-state index in [-0.39, 0.29) is 5.91 Å². The van der Waals surface area contributed by atoms with Crippen molar-refractivity contribution in [3.63, 3.8) is 0 Å². The van der Waals surface area contributed by atoms with Crippen LogP contribution in [0, 0.1) is 0 Å². The Morgan fingerprint density at radius 3 is 2.59 bits per heavy atom. The van der Waals surface area contributed by atoms with Crippen molar-refractivity contribution in [1.29, 1.82) is 0 Å². The van der Waals surface area contributed by atoms with Crippen LogP contribution < -0.4 is 20.6 Å². The number of nitrogens with one attached hydrogen (secondary N) is 1. The first-order valence-corrected chi connectivity index (χ1v) is 6.56. The van der Waals surface area contributed by atoms with Crippen LogP contribution >= 0.6 is 0 Å². The van der Waals surface area contributed by atoms with Gasteiger partial charge >= 0.3 is 0 Å². The van der Waals surface area contributed by atoms with Crippen molar-refractivity contribution in [3.05, 3.63) is 53.6 Å². The number of methoxy groups -OCH3 is 2. The van der Waals surface area contributed by atoms with Gasteiger partial charge in [0.2, 0.25) is 0 Å². The van der Waals surface area contributed by atoms with E-state index in [1.165, 1.54) is 6.21 Å². The van der Waals surface area contributed by atoms with E-state index in [1.807, 2.05) is 0 Å². The van der Waals surface area contributed by atoms with E-state index in [1.54, 1.807) is 56.7 Å². The Morgan fingerprint density at radius 2 is 1.91 bits per heavy atom. The van der Waals surface area contributed by atoms with E-state index in [0.717, 1.165) is 0 Å². The highest BCUT2D eigenvalue weighted by atomic mass is 16.5. The van der Waals surface area contributed by atoms with Crippen LogP contribution in [-0.4, -0.2) is 26.3 Å². The number of carbonyl (C=O) groups excluding carboxylic acids is 1. The zero-order valence-corrected chi connectivity index (χ0v) is 12.4. The molecule has 6 heteroatoms. The average molecular weight is 299 g/mol. The number of nitrogens with two attached hydrogens (primary N) is 1. The molecule has 0 spiro atoms. The normalized spacial score (nSPS) is 10.5. The van der Waals surface area contributed by atoms with Crippen LogP contribution in [-0.2, 0) is 0 Å². The van der Waals surface area contributed by atoms with Crippen LogP contribution in [0.5, 0.6) is 11.5 Å². The minimum Gasteiger partial charge on any atom is -0.493 e. The van der Waals surface area contributed by atoms with E-state index in [9.17, 15) is 4.79 Å². The number of hydrogen-bond acceptors (Lipinski definition) is 5. The van der Waals surface area contributed by atoms with Gasteiger partial charge in [-0.05, 0) is 24.3 Å². The molecule has 0 fully saturated rings. The summed E-state index contributed by atoms with van der Waals surface area (Å²) < 4.78 is 10.5. The summed E-state index contributed by atoms with van der Waals surface area (Å²) in [5.74, 6) is 0.753. The van der Waals surface area contributed by atoms with E-state index in [4.69, 9.17) is 15.2 Å². The molecule has 0 aliphatic carbocycles. The number of hydrogen-bond donors (Lipinski definition) is 2. The Kier molecular flexibility index (Phi) is 4.98. The van der Waals surface area contributed by atoms with Crippen molar-refractivity contribution in [1.82, 2.24) is 5.43 Å². The molecular weight excluding hydrogens is 282 g/mol. The SMILES string of the molecule is COc1cccc(C=NNC(=O)c2ccccc2N)c1OC. The molecule has 0 saturated carbocycles. The van der Waals surface area contributed by atoms with E-state index in [0.29, 0.717) is 28.3 Å². The summed E-state index contributed by atoms with van der Waals surface area (Å²) in [5.41, 5.74) is 9.62. The van der Waals surface area contributed by atoms with Crippen molar-refractivity contribution in [2.45, 2.75) is 0 Å². The van der Waals surface area contributed by atoms with Gasteiger partial charge in [-0.25, -0.2) is 5.43 Å². The molecular formula is C16H17N3O3. The summed E-state index contributed by atoms with van der Waals surface area (Å²) in [4.78, 5) is 12.0. The van der Waals surface area contributed by atoms with Crippen LogP contribution in [0.4, 0.5) is 5.69 Å². The lowest BCUT2D eigenvalue weighted by molar-refractivity contribution is 0.0956. The molecule has 2 aromatic rings. The van der Waals surface area contributed by atoms with Crippen LogP contribution in [0.25, 0.3) is 0 Å². The van der Waals surface area contributed by atoms with E-state index < -0.39 is 0 Å². The number of nitrogens with zero attached hydrogens (tertiary/aromatic N) is 1. The Morgan fingerprint density at radius 1 is 1.14 bits per heavy atom. The average Bonchev–Trinajstić information content (AvgIpc) is 2.54. The quantitative estimate of drug-likeness (QED) is 0.502. The van der Waals surface area contributed by atoms with Gasteiger partial charge in [0.15, 0.2) is 11.5 Å². The highest BCUT2D eigenvalue weighted by molar-refractivity contribution is 5.99. The summed E-state index contributed by atoms with van der Waals surface area (Å²) in [5, 5.41) is 3.93. The number of amides is 1. The Labute approximate surface area is 128 Å². The van der Waals surface area contributed by atoms with Gasteiger partial charge in [0.05, 0.1) is 26.0 Å². The molecule has 1 amide bonds. The Balaban J connectivity index is 2.13. The molecule has 0 aliphatic rings. The fourth-order valence-corrected chi connectivity index (χ4v) is 1.94. The standard InChI is InChI=1S/C16H17N3O3/c1-21-14-9-5-6-11(15(14)22-2)10-18-19-16(20)12-7-3-4-8-13(12)17/h3-10H,17H2,1-2H3,(H,19,20). The maximum atomic E-state index is 12.0. The zero-order valence-electron chi connectivity index (χ0n) is 12.4. The molecule has 0 saturated heterocycles. The number of ether oxygens (including phenoxy) is 2. The van der Waals surface area contributed by atoms with Gasteiger partial charge in [0.25, 0.3) is 5.91 Å². The molecule has 0 bridgehead atoms. The van der Waals surface area contributed by atoms with Crippen molar-refractivity contribution < 1.29 is 14.3 Å². The third-order valence-electron chi connectivity index (χ3n) is 3.01. The van der Waals surface area contributed by atoms with Crippen molar-refractivity contribution >= 4 is 17.8 Å². The summed E-state index contributed by atoms with van der Waals surface area (Å²) >= 11 is 0. The van der Waals surface area contributed by atoms with E-state index in [2.05, 4.69) is 10.5 Å². The largest absolute Gasteiger partial charge is 0.493 e. The minimum absolute atomic E-state index is 0.372. The number of rotatable bonds is 5. The predicted molar refractivity (Wildman–Crippen MR) is 85.5 cm³/mol. The fraction of sp³-hybridized carbons (Fsp3) is 0.125. The maximum absolute atomic E-state index is 12.0. The summed E-state index contributed by atoms with van der Waals surface area (Å²) in [6.45, 7) is 0. The first kappa shape index (κ1) is 15.4. The number of carbonyl (C=O) groups is 1. The van der Waals surface area contributed by atoms with Gasteiger partial charge in [-0.1, -0.05) is 18.2 Å². The third kappa shape index (κ3) is 3.35. The lowest BCUT2D eigenvalue weighted by Crippen LogP contribution is -2.19. The Bertz CT molecular complexity index is 699. The Hall–Kier alpha value is -3.02. The minimum atomic E-state index is -0.379. The molecule has 0 aromatic heterocycles. The lowest BCUT2D eigenvalue weighted by atomic mass is 10.2. The van der Waals surface area contributed by atoms with Gasteiger partial charge in [-0.15, -0.1) is 0 Å². The molecule has 0 aliphatic heterocycles. The summed E-state index contributed by atoms with van der Waals surface area (Å²) in [6, 6.07) is 12.2. The van der Waals surface area contributed by atoms with Crippen LogP contribution in [0.2, 0.25) is 0 Å². The number of anilines is 1. The molecule has 3 N–H and O–H groups in total. The second kappa shape index (κ2) is 7.12. The highest BCUT2D eigenvalue weighted by Crippen LogP contribution is 2.29. The smallest absolute Gasteiger partial charge is 0.273 e. The topological polar surface area (TPSA) is 85.9 Å². The van der Waals surface area contributed by atoms with Gasteiger partial charge in [0, 0.05) is 11.3 Å². The molecule has 0 radical (unpaired) electrons. The van der Waals surface area contributed by atoms with Crippen LogP contribution in [0.3, 0.4) is 0 Å². The van der Waals surface area contributed by atoms with Crippen molar-refractivity contribution in [2.75, 3.05) is 20.0 Å². The van der Waals surface area contributed by atoms with Gasteiger partial charge in [0.1, 0.15) is 0 Å². The van der Waals surface area contributed by atoms with Gasteiger partial charge < -0.3 is 15.2 Å². The number of nitrogen functional groups attached to an aromatic ring is 1. The van der Waals surface area contributed by atoms with E-state index >= 15 is 0 Å². The van der Waals surface area contributed by atoms with Crippen molar-refractivity contribution in [2.24, 2.45) is 5.10 Å². The van der Waals surface area contributed by atoms with Crippen molar-refractivity contribution in [3.8, 4) is 11.5 Å². The summed E-state index contributed by atoms with van der Waals surface area (Å²) in [6.07, 6.45) is 1.48. The summed E-state index contributed by atoms with van der Waals surface area (Å²) in [7, 11) is 3.09. The molecule has 2 aromatic carbocycles. The van der Waals surface area contributed by atoms with Crippen LogP contribution in [0.15, 0.2) is 47.6 Å². The molecule has 0 heterocycles. The highest BCUT2D eigenvalue weighted by Gasteiger charge is 2.09. The molecule has 2 rings (SSSR count). The number of hydrazone groups is 1. The maximum Gasteiger partial charge on any atom is 0.273 e. The zero-order chi connectivity index (χ0) is 15.9. The predicted octanol–water partition coefficient (Wildman–Crippen LogP) is 2.05. The second-order valence-corrected chi connectivity index (χ2v) is 4.37. The third-order valence-corrected chi connectivity index (χ3v) is 3.01. The fourth-order valence-electron chi connectivity index (χ4n) is 1.94. The monoisotopic (exact) mass is 299 g/mol. The first-order chi connectivity index (χ1) is 10.7. The molecule has 6 nitrogen and oxygen atoms in total. The molecule has 22 heavy (non-hydrogen) atoms. The van der Waals surface area contributed by atoms with Gasteiger partial charge in [-0.2, -0.15) is 5.10 Å². The lowest BCUT2D eigenvalue weighted by Gasteiger charge is -2.09. The first-order valence-electron chi connectivity index (χ1n) is 6.56. The molecule has 0 atom stereocenters. The number of para-hydroxylation sites is 2. The number of benzene rings is 2. The van der Waals surface area contributed by atoms with Crippen LogP contribution in [0.1, 0.15) is 15.9 Å². The molecule has 114 valence electrons. The second-order valence-electron chi connectivity index (χ2n) is 4.37.